The topological polar surface area (TPSA) is 82.8 Å². The van der Waals surface area contributed by atoms with Gasteiger partial charge in [-0.25, -0.2) is 0 Å². The van der Waals surface area contributed by atoms with Crippen LogP contribution in [0.15, 0.2) is 12.1 Å². The Morgan fingerprint density at radius 2 is 2.00 bits per heavy atom. The predicted octanol–water partition coefficient (Wildman–Crippen LogP) is 1.56. The molecule has 2 aliphatic heterocycles. The van der Waals surface area contributed by atoms with Crippen molar-refractivity contribution in [2.24, 2.45) is 5.73 Å². The molecule has 2 aliphatic rings. The standard InChI is InChI=1S/C14H17ClN2O4/c15-9-5-12-13(20-4-3-19-12)6-10(9)17-14(18)11-2-1-8(7-16)21-11/h5-6,8,11H,1-4,7,16H2,(H,17,18). The molecule has 2 atom stereocenters. The van der Waals surface area contributed by atoms with E-state index in [2.05, 4.69) is 5.32 Å². The minimum Gasteiger partial charge on any atom is -0.486 e. The summed E-state index contributed by atoms with van der Waals surface area (Å²) in [7, 11) is 0. The van der Waals surface area contributed by atoms with Crippen molar-refractivity contribution in [1.82, 2.24) is 0 Å². The van der Waals surface area contributed by atoms with E-state index < -0.39 is 6.10 Å². The number of rotatable bonds is 3. The fourth-order valence-corrected chi connectivity index (χ4v) is 2.65. The molecule has 7 heteroatoms. The number of fused-ring (bicyclic) bond motifs is 1. The number of nitrogens with two attached hydrogens (primary N) is 1. The molecule has 2 unspecified atom stereocenters. The Morgan fingerprint density at radius 3 is 2.67 bits per heavy atom. The van der Waals surface area contributed by atoms with Gasteiger partial charge in [0.2, 0.25) is 0 Å². The molecule has 21 heavy (non-hydrogen) atoms. The van der Waals surface area contributed by atoms with Gasteiger partial charge in [0.1, 0.15) is 19.3 Å². The summed E-state index contributed by atoms with van der Waals surface area (Å²) in [6.07, 6.45) is 0.929. The maximum absolute atomic E-state index is 12.2. The summed E-state index contributed by atoms with van der Waals surface area (Å²) in [5.74, 6) is 0.946. The second-order valence-corrected chi connectivity index (χ2v) is 5.43. The SMILES string of the molecule is NCC1CCC(C(=O)Nc2cc3c(cc2Cl)OCCO3)O1. The number of carbonyl (C=O) groups excluding carboxylic acids is 1. The van der Waals surface area contributed by atoms with Gasteiger partial charge < -0.3 is 25.3 Å². The highest BCUT2D eigenvalue weighted by molar-refractivity contribution is 6.34. The van der Waals surface area contributed by atoms with Gasteiger partial charge >= 0.3 is 0 Å². The summed E-state index contributed by atoms with van der Waals surface area (Å²) in [4.78, 5) is 12.2. The zero-order valence-corrected chi connectivity index (χ0v) is 12.2. The Kier molecular flexibility index (Phi) is 4.19. The van der Waals surface area contributed by atoms with E-state index in [1.165, 1.54) is 0 Å². The van der Waals surface area contributed by atoms with Crippen molar-refractivity contribution < 1.29 is 19.0 Å². The van der Waals surface area contributed by atoms with Gasteiger partial charge in [0, 0.05) is 18.7 Å². The van der Waals surface area contributed by atoms with Crippen molar-refractivity contribution in [2.75, 3.05) is 25.1 Å². The summed E-state index contributed by atoms with van der Waals surface area (Å²) in [5.41, 5.74) is 6.03. The van der Waals surface area contributed by atoms with Gasteiger partial charge in [0.15, 0.2) is 11.5 Å². The molecule has 3 N–H and O–H groups in total. The summed E-state index contributed by atoms with van der Waals surface area (Å²) in [5, 5.41) is 3.18. The van der Waals surface area contributed by atoms with E-state index in [4.69, 9.17) is 31.5 Å². The highest BCUT2D eigenvalue weighted by Crippen LogP contribution is 2.38. The van der Waals surface area contributed by atoms with Crippen LogP contribution in [0, 0.1) is 0 Å². The van der Waals surface area contributed by atoms with Gasteiger partial charge in [0.25, 0.3) is 5.91 Å². The molecule has 114 valence electrons. The van der Waals surface area contributed by atoms with Crippen molar-refractivity contribution in [1.29, 1.82) is 0 Å². The van der Waals surface area contributed by atoms with Crippen molar-refractivity contribution in [3.8, 4) is 11.5 Å². The lowest BCUT2D eigenvalue weighted by atomic mass is 10.2. The quantitative estimate of drug-likeness (QED) is 0.885. The first-order chi connectivity index (χ1) is 10.2. The molecule has 2 heterocycles. The van der Waals surface area contributed by atoms with Crippen LogP contribution in [-0.2, 0) is 9.53 Å². The van der Waals surface area contributed by atoms with Crippen LogP contribution >= 0.6 is 11.6 Å². The molecule has 0 bridgehead atoms. The van der Waals surface area contributed by atoms with E-state index in [-0.39, 0.29) is 12.0 Å². The number of halogens is 1. The van der Waals surface area contributed by atoms with Crippen molar-refractivity contribution in [3.05, 3.63) is 17.2 Å². The predicted molar refractivity (Wildman–Crippen MR) is 78.0 cm³/mol. The molecule has 1 aromatic rings. The molecule has 1 aromatic carbocycles. The zero-order chi connectivity index (χ0) is 14.8. The molecule has 1 amide bonds. The van der Waals surface area contributed by atoms with Crippen LogP contribution in [0.1, 0.15) is 12.8 Å². The van der Waals surface area contributed by atoms with Crippen LogP contribution < -0.4 is 20.5 Å². The Balaban J connectivity index is 1.71. The smallest absolute Gasteiger partial charge is 0.253 e. The van der Waals surface area contributed by atoms with E-state index in [0.717, 1.165) is 6.42 Å². The third-order valence-corrected chi connectivity index (χ3v) is 3.87. The van der Waals surface area contributed by atoms with E-state index in [1.54, 1.807) is 12.1 Å². The molecule has 3 rings (SSSR count). The number of hydrogen-bond donors (Lipinski definition) is 2. The maximum Gasteiger partial charge on any atom is 0.253 e. The lowest BCUT2D eigenvalue weighted by Crippen LogP contribution is -2.30. The molecule has 0 aromatic heterocycles. The van der Waals surface area contributed by atoms with E-state index in [0.29, 0.717) is 48.4 Å². The number of nitrogens with one attached hydrogen (secondary N) is 1. The first-order valence-corrected chi connectivity index (χ1v) is 7.30. The molecule has 6 nitrogen and oxygen atoms in total. The van der Waals surface area contributed by atoms with Crippen molar-refractivity contribution in [3.63, 3.8) is 0 Å². The van der Waals surface area contributed by atoms with Crippen molar-refractivity contribution >= 4 is 23.2 Å². The summed E-state index contributed by atoms with van der Waals surface area (Å²) in [6.45, 7) is 1.39. The van der Waals surface area contributed by atoms with Crippen LogP contribution in [-0.4, -0.2) is 37.9 Å². The largest absolute Gasteiger partial charge is 0.486 e. The molecule has 0 aliphatic carbocycles. The second-order valence-electron chi connectivity index (χ2n) is 5.02. The average Bonchev–Trinajstić information content (AvgIpc) is 2.97. The summed E-state index contributed by atoms with van der Waals surface area (Å²) in [6, 6.07) is 3.31. The number of hydrogen-bond acceptors (Lipinski definition) is 5. The van der Waals surface area contributed by atoms with Crippen LogP contribution in [0.3, 0.4) is 0 Å². The van der Waals surface area contributed by atoms with Gasteiger partial charge in [-0.2, -0.15) is 0 Å². The number of anilines is 1. The van der Waals surface area contributed by atoms with Crippen molar-refractivity contribution in [2.45, 2.75) is 25.0 Å². The molecule has 1 fully saturated rings. The van der Waals surface area contributed by atoms with Crippen LogP contribution in [0.2, 0.25) is 5.02 Å². The fraction of sp³-hybridized carbons (Fsp3) is 0.500. The molecule has 0 saturated carbocycles. The van der Waals surface area contributed by atoms with Gasteiger partial charge in [0.05, 0.1) is 16.8 Å². The van der Waals surface area contributed by atoms with Crippen LogP contribution in [0.5, 0.6) is 11.5 Å². The third kappa shape index (κ3) is 3.07. The summed E-state index contributed by atoms with van der Waals surface area (Å²) >= 11 is 6.16. The van der Waals surface area contributed by atoms with Gasteiger partial charge in [-0.1, -0.05) is 11.6 Å². The molecule has 1 saturated heterocycles. The second kappa shape index (κ2) is 6.09. The van der Waals surface area contributed by atoms with Gasteiger partial charge in [-0.05, 0) is 12.8 Å². The van der Waals surface area contributed by atoms with E-state index >= 15 is 0 Å². The van der Waals surface area contributed by atoms with E-state index in [1.807, 2.05) is 0 Å². The number of amides is 1. The lowest BCUT2D eigenvalue weighted by molar-refractivity contribution is -0.126. The third-order valence-electron chi connectivity index (χ3n) is 3.55. The fourth-order valence-electron chi connectivity index (χ4n) is 2.44. The Labute approximate surface area is 127 Å². The number of ether oxygens (including phenoxy) is 3. The normalized spacial score (nSPS) is 23.9. The Bertz CT molecular complexity index is 552. The minimum atomic E-state index is -0.484. The highest BCUT2D eigenvalue weighted by Gasteiger charge is 2.30. The first-order valence-electron chi connectivity index (χ1n) is 6.93. The molecule has 0 spiro atoms. The average molecular weight is 313 g/mol. The maximum atomic E-state index is 12.2. The number of carbonyl (C=O) groups is 1. The summed E-state index contributed by atoms with van der Waals surface area (Å²) < 4.78 is 16.5. The molecular weight excluding hydrogens is 296 g/mol. The number of benzene rings is 1. The minimum absolute atomic E-state index is 0.0449. The lowest BCUT2D eigenvalue weighted by Gasteiger charge is -2.20. The zero-order valence-electron chi connectivity index (χ0n) is 11.4. The Hall–Kier alpha value is -1.50. The Morgan fingerprint density at radius 1 is 1.29 bits per heavy atom. The van der Waals surface area contributed by atoms with Gasteiger partial charge in [-0.15, -0.1) is 0 Å². The van der Waals surface area contributed by atoms with Gasteiger partial charge in [-0.3, -0.25) is 4.79 Å². The molecular formula is C14H17ClN2O4. The highest BCUT2D eigenvalue weighted by atomic mass is 35.5. The first kappa shape index (κ1) is 14.4. The van der Waals surface area contributed by atoms with E-state index in [9.17, 15) is 4.79 Å². The van der Waals surface area contributed by atoms with Crippen LogP contribution in [0.4, 0.5) is 5.69 Å². The monoisotopic (exact) mass is 312 g/mol. The van der Waals surface area contributed by atoms with Crippen LogP contribution in [0.25, 0.3) is 0 Å². The molecule has 0 radical (unpaired) electrons.